The van der Waals surface area contributed by atoms with E-state index >= 15 is 0 Å². The quantitative estimate of drug-likeness (QED) is 0.125. The number of nitroso groups, excluding NO2 is 1. The highest BCUT2D eigenvalue weighted by Gasteiger charge is 2.22. The zero-order chi connectivity index (χ0) is 20.8. The molecule has 0 saturated carbocycles. The summed E-state index contributed by atoms with van der Waals surface area (Å²) in [5, 5.41) is 3.08. The zero-order valence-corrected chi connectivity index (χ0v) is 19.9. The minimum absolute atomic E-state index is 0.345. The maximum Gasteiger partial charge on any atom is 0.0816 e. The predicted molar refractivity (Wildman–Crippen MR) is 127 cm³/mol. The van der Waals surface area contributed by atoms with Crippen LogP contribution >= 0.6 is 0 Å². The maximum absolute atomic E-state index is 10.4. The molecule has 0 aromatic heterocycles. The van der Waals surface area contributed by atoms with E-state index in [0.29, 0.717) is 12.0 Å². The van der Waals surface area contributed by atoms with Crippen molar-refractivity contribution in [3.8, 4) is 0 Å². The summed E-state index contributed by atoms with van der Waals surface area (Å²) >= 11 is 0. The minimum Gasteiger partial charge on any atom is -0.151 e. The molecule has 0 heterocycles. The number of hydrogen-bond acceptors (Lipinski definition) is 2. The van der Waals surface area contributed by atoms with E-state index in [-0.39, 0.29) is 0 Å². The van der Waals surface area contributed by atoms with Crippen LogP contribution in [0.2, 0.25) is 0 Å². The number of nitrogens with zero attached hydrogens (tertiary/aromatic N) is 1. The third-order valence-electron chi connectivity index (χ3n) is 6.54. The molecule has 0 spiro atoms. The van der Waals surface area contributed by atoms with Crippen LogP contribution in [0.5, 0.6) is 0 Å². The van der Waals surface area contributed by atoms with Gasteiger partial charge in [-0.1, -0.05) is 142 Å². The molecule has 0 saturated heterocycles. The van der Waals surface area contributed by atoms with Crippen LogP contribution in [0.1, 0.15) is 156 Å². The molecule has 0 aromatic rings. The first-order valence-electron chi connectivity index (χ1n) is 13.0. The molecule has 0 fully saturated rings. The van der Waals surface area contributed by atoms with Gasteiger partial charge >= 0.3 is 0 Å². The lowest BCUT2D eigenvalue weighted by molar-refractivity contribution is 0.241. The fourth-order valence-corrected chi connectivity index (χ4v) is 4.57. The van der Waals surface area contributed by atoms with Gasteiger partial charge < -0.3 is 0 Å². The summed E-state index contributed by atoms with van der Waals surface area (Å²) in [6, 6.07) is 0. The lowest BCUT2D eigenvalue weighted by Crippen LogP contribution is -2.17. The minimum atomic E-state index is 0.345. The number of rotatable bonds is 23. The molecule has 1 atom stereocenters. The van der Waals surface area contributed by atoms with Crippen LogP contribution in [0.4, 0.5) is 0 Å². The van der Waals surface area contributed by atoms with Crippen molar-refractivity contribution in [2.24, 2.45) is 10.6 Å². The summed E-state index contributed by atoms with van der Waals surface area (Å²) in [5.41, 5.74) is 0.345. The number of hydrogen-bond donors (Lipinski definition) is 0. The Bertz CT molecular complexity index is 318. The van der Waals surface area contributed by atoms with E-state index in [1.807, 2.05) is 0 Å². The van der Waals surface area contributed by atoms with Gasteiger partial charge in [0, 0.05) is 0 Å². The average molecular weight is 396 g/mol. The third kappa shape index (κ3) is 18.9. The molecule has 0 radical (unpaired) electrons. The molecule has 1 unspecified atom stereocenters. The highest BCUT2D eigenvalue weighted by atomic mass is 16.3. The Kier molecular flexibility index (Phi) is 21.0. The normalized spacial score (nSPS) is 13.5. The van der Waals surface area contributed by atoms with Crippen molar-refractivity contribution in [3.05, 3.63) is 4.91 Å². The lowest BCUT2D eigenvalue weighted by atomic mass is 9.78. The molecule has 0 amide bonds. The third-order valence-corrected chi connectivity index (χ3v) is 6.54. The van der Waals surface area contributed by atoms with Gasteiger partial charge in [-0.3, -0.25) is 0 Å². The molecular weight excluding hydrogens is 342 g/mol. The molecule has 0 aliphatic rings. The summed E-state index contributed by atoms with van der Waals surface area (Å²) in [7, 11) is 0. The van der Waals surface area contributed by atoms with Crippen LogP contribution in [0.25, 0.3) is 0 Å². The van der Waals surface area contributed by atoms with Gasteiger partial charge in [0.1, 0.15) is 0 Å². The van der Waals surface area contributed by atoms with Crippen molar-refractivity contribution < 1.29 is 0 Å². The first-order chi connectivity index (χ1) is 13.7. The van der Waals surface area contributed by atoms with Crippen molar-refractivity contribution >= 4 is 0 Å². The van der Waals surface area contributed by atoms with E-state index in [1.54, 1.807) is 0 Å². The van der Waals surface area contributed by atoms with E-state index < -0.39 is 0 Å². The molecular formula is C26H53NO. The Morgan fingerprint density at radius 2 is 0.893 bits per heavy atom. The Balaban J connectivity index is 3.31. The van der Waals surface area contributed by atoms with Crippen molar-refractivity contribution in [3.63, 3.8) is 0 Å². The van der Waals surface area contributed by atoms with Crippen LogP contribution in [0.15, 0.2) is 5.18 Å². The summed E-state index contributed by atoms with van der Waals surface area (Å²) in [6.07, 6.45) is 29.0. The SMILES string of the molecule is CCCCCCCCCCCCCCCCCCCC(C)(CCC)CCN=O. The van der Waals surface area contributed by atoms with Gasteiger partial charge in [-0.05, 0) is 24.7 Å². The summed E-state index contributed by atoms with van der Waals surface area (Å²) in [6.45, 7) is 7.39. The molecule has 0 bridgehead atoms. The van der Waals surface area contributed by atoms with Gasteiger partial charge in [0.2, 0.25) is 0 Å². The van der Waals surface area contributed by atoms with Crippen molar-refractivity contribution in [2.45, 2.75) is 156 Å². The smallest absolute Gasteiger partial charge is 0.0816 e. The Hall–Kier alpha value is -0.400. The van der Waals surface area contributed by atoms with E-state index in [0.717, 1.165) is 6.42 Å². The zero-order valence-electron chi connectivity index (χ0n) is 19.9. The van der Waals surface area contributed by atoms with Gasteiger partial charge in [-0.15, -0.1) is 0 Å². The van der Waals surface area contributed by atoms with Crippen LogP contribution in [-0.4, -0.2) is 6.54 Å². The molecule has 0 aliphatic carbocycles. The molecule has 0 rings (SSSR count). The second-order valence-corrected chi connectivity index (χ2v) is 9.57. The van der Waals surface area contributed by atoms with E-state index in [9.17, 15) is 4.91 Å². The second-order valence-electron chi connectivity index (χ2n) is 9.57. The molecule has 0 N–H and O–H groups in total. The van der Waals surface area contributed by atoms with Crippen LogP contribution in [0.3, 0.4) is 0 Å². The van der Waals surface area contributed by atoms with Gasteiger partial charge in [0.15, 0.2) is 0 Å². The average Bonchev–Trinajstić information content (AvgIpc) is 2.69. The molecule has 2 nitrogen and oxygen atoms in total. The largest absolute Gasteiger partial charge is 0.151 e. The van der Waals surface area contributed by atoms with Crippen LogP contribution in [-0.2, 0) is 0 Å². The van der Waals surface area contributed by atoms with Crippen molar-refractivity contribution in [2.75, 3.05) is 6.54 Å². The van der Waals surface area contributed by atoms with E-state index in [4.69, 9.17) is 0 Å². The first kappa shape index (κ1) is 27.6. The standard InChI is InChI=1S/C26H53NO/c1-4-6-7-8-9-10-11-12-13-14-15-16-17-18-19-20-21-23-26(3,22-5-2)24-25-27-28/h4-25H2,1-3H3. The summed E-state index contributed by atoms with van der Waals surface area (Å²) in [4.78, 5) is 10.4. The van der Waals surface area contributed by atoms with Crippen molar-refractivity contribution in [1.82, 2.24) is 0 Å². The Morgan fingerprint density at radius 3 is 1.25 bits per heavy atom. The fourth-order valence-electron chi connectivity index (χ4n) is 4.57. The summed E-state index contributed by atoms with van der Waals surface area (Å²) < 4.78 is 0. The molecule has 168 valence electrons. The van der Waals surface area contributed by atoms with E-state index in [1.165, 1.54) is 128 Å². The number of unbranched alkanes of at least 4 members (excludes halogenated alkanes) is 16. The highest BCUT2D eigenvalue weighted by Crippen LogP contribution is 2.34. The van der Waals surface area contributed by atoms with Crippen LogP contribution < -0.4 is 0 Å². The van der Waals surface area contributed by atoms with Crippen LogP contribution in [0, 0.1) is 10.3 Å². The molecule has 2 heteroatoms. The maximum atomic E-state index is 10.4. The monoisotopic (exact) mass is 395 g/mol. The van der Waals surface area contributed by atoms with Gasteiger partial charge in [-0.25, -0.2) is 0 Å². The highest BCUT2D eigenvalue weighted by molar-refractivity contribution is 4.75. The fraction of sp³-hybridized carbons (Fsp3) is 1.00. The Morgan fingerprint density at radius 1 is 0.500 bits per heavy atom. The Labute approximate surface area is 178 Å². The lowest BCUT2D eigenvalue weighted by Gasteiger charge is -2.28. The molecule has 0 aromatic carbocycles. The van der Waals surface area contributed by atoms with Gasteiger partial charge in [-0.2, -0.15) is 4.91 Å². The predicted octanol–water partition coefficient (Wildman–Crippen LogP) is 9.99. The molecule has 28 heavy (non-hydrogen) atoms. The van der Waals surface area contributed by atoms with Gasteiger partial charge in [0.05, 0.1) is 6.54 Å². The van der Waals surface area contributed by atoms with Gasteiger partial charge in [0.25, 0.3) is 0 Å². The topological polar surface area (TPSA) is 29.4 Å². The van der Waals surface area contributed by atoms with Crippen molar-refractivity contribution in [1.29, 1.82) is 0 Å². The second kappa shape index (κ2) is 21.3. The molecule has 0 aliphatic heterocycles. The van der Waals surface area contributed by atoms with E-state index in [2.05, 4.69) is 25.9 Å². The summed E-state index contributed by atoms with van der Waals surface area (Å²) in [5.74, 6) is 0. The first-order valence-corrected chi connectivity index (χ1v) is 13.0.